The topological polar surface area (TPSA) is 81.2 Å². The van der Waals surface area contributed by atoms with Gasteiger partial charge in [-0.25, -0.2) is 23.1 Å². The molecule has 0 bridgehead atoms. The summed E-state index contributed by atoms with van der Waals surface area (Å²) in [5.74, 6) is 0.715. The number of aromatic nitrogens is 2. The van der Waals surface area contributed by atoms with Crippen molar-refractivity contribution in [1.29, 1.82) is 0 Å². The number of ether oxygens (including phenoxy) is 1. The largest absolute Gasteiger partial charge is 0.493 e. The molecule has 23 heavy (non-hydrogen) atoms. The minimum atomic E-state index is -3.54. The molecular formula is C16H21N3O3S. The molecule has 0 atom stereocenters. The predicted octanol–water partition coefficient (Wildman–Crippen LogP) is 2.09. The minimum Gasteiger partial charge on any atom is -0.493 e. The van der Waals surface area contributed by atoms with Crippen LogP contribution >= 0.6 is 0 Å². The summed E-state index contributed by atoms with van der Waals surface area (Å²) in [4.78, 5) is 8.04. The van der Waals surface area contributed by atoms with Gasteiger partial charge in [0, 0.05) is 18.9 Å². The van der Waals surface area contributed by atoms with Crippen LogP contribution in [0.15, 0.2) is 41.8 Å². The smallest absolute Gasteiger partial charge is 0.240 e. The third-order valence-electron chi connectivity index (χ3n) is 3.24. The number of nitrogens with zero attached hydrogens (tertiary/aromatic N) is 2. The van der Waals surface area contributed by atoms with Crippen molar-refractivity contribution in [3.63, 3.8) is 0 Å². The summed E-state index contributed by atoms with van der Waals surface area (Å²) in [7, 11) is -3.54. The Balaban J connectivity index is 2.00. The highest BCUT2D eigenvalue weighted by atomic mass is 32.2. The van der Waals surface area contributed by atoms with E-state index < -0.39 is 10.0 Å². The molecule has 0 saturated carbocycles. The van der Waals surface area contributed by atoms with Crippen LogP contribution in [0.3, 0.4) is 0 Å². The third kappa shape index (κ3) is 5.01. The average molecular weight is 335 g/mol. The van der Waals surface area contributed by atoms with E-state index in [-0.39, 0.29) is 4.90 Å². The molecule has 124 valence electrons. The Bertz CT molecular complexity index is 733. The summed E-state index contributed by atoms with van der Waals surface area (Å²) < 4.78 is 32.8. The van der Waals surface area contributed by atoms with Crippen LogP contribution in [0.5, 0.6) is 5.75 Å². The van der Waals surface area contributed by atoms with E-state index in [0.29, 0.717) is 25.3 Å². The Kier molecular flexibility index (Phi) is 6.06. The van der Waals surface area contributed by atoms with Gasteiger partial charge < -0.3 is 4.74 Å². The molecule has 1 aromatic heterocycles. The van der Waals surface area contributed by atoms with Crippen LogP contribution in [0, 0.1) is 6.92 Å². The zero-order chi connectivity index (χ0) is 16.7. The van der Waals surface area contributed by atoms with Gasteiger partial charge in [0.15, 0.2) is 0 Å². The van der Waals surface area contributed by atoms with Crippen molar-refractivity contribution < 1.29 is 13.2 Å². The van der Waals surface area contributed by atoms with E-state index in [2.05, 4.69) is 14.7 Å². The molecule has 0 radical (unpaired) electrons. The summed E-state index contributed by atoms with van der Waals surface area (Å²) in [6, 6.07) is 4.88. The molecule has 1 heterocycles. The lowest BCUT2D eigenvalue weighted by Crippen LogP contribution is -2.26. The van der Waals surface area contributed by atoms with Crippen LogP contribution < -0.4 is 9.46 Å². The summed E-state index contributed by atoms with van der Waals surface area (Å²) in [6.45, 7) is 4.77. The zero-order valence-electron chi connectivity index (χ0n) is 13.3. The molecule has 0 aliphatic heterocycles. The van der Waals surface area contributed by atoms with Crippen LogP contribution in [0.25, 0.3) is 0 Å². The monoisotopic (exact) mass is 335 g/mol. The number of aryl methyl sites for hydroxylation is 1. The van der Waals surface area contributed by atoms with Crippen molar-refractivity contribution in [3.05, 3.63) is 48.0 Å². The Labute approximate surface area is 137 Å². The van der Waals surface area contributed by atoms with Crippen LogP contribution in [0.1, 0.15) is 24.5 Å². The summed E-state index contributed by atoms with van der Waals surface area (Å²) in [5.41, 5.74) is 1.69. The Morgan fingerprint density at radius 2 is 1.96 bits per heavy atom. The van der Waals surface area contributed by atoms with Crippen LogP contribution in [0.4, 0.5) is 0 Å². The second-order valence-corrected chi connectivity index (χ2v) is 6.94. The fourth-order valence-electron chi connectivity index (χ4n) is 2.04. The van der Waals surface area contributed by atoms with Crippen molar-refractivity contribution >= 4 is 10.0 Å². The van der Waals surface area contributed by atoms with Crippen molar-refractivity contribution in [1.82, 2.24) is 14.7 Å². The van der Waals surface area contributed by atoms with Gasteiger partial charge in [0.05, 0.1) is 11.5 Å². The summed E-state index contributed by atoms with van der Waals surface area (Å²) in [5, 5.41) is 0. The molecule has 0 fully saturated rings. The van der Waals surface area contributed by atoms with E-state index in [1.165, 1.54) is 6.33 Å². The molecule has 0 spiro atoms. The molecular weight excluding hydrogens is 314 g/mol. The molecule has 0 aliphatic rings. The van der Waals surface area contributed by atoms with Gasteiger partial charge in [-0.1, -0.05) is 6.92 Å². The molecule has 2 rings (SSSR count). The normalized spacial score (nSPS) is 11.4. The van der Waals surface area contributed by atoms with E-state index in [9.17, 15) is 8.42 Å². The maximum Gasteiger partial charge on any atom is 0.240 e. The van der Waals surface area contributed by atoms with E-state index in [4.69, 9.17) is 4.74 Å². The SMILES string of the molecule is CCCOc1ccc(S(=O)(=O)NCCc2cncnc2)cc1C. The molecule has 0 aliphatic carbocycles. The third-order valence-corrected chi connectivity index (χ3v) is 4.70. The van der Waals surface area contributed by atoms with Crippen LogP contribution in [-0.4, -0.2) is 31.5 Å². The number of sulfonamides is 1. The van der Waals surface area contributed by atoms with Gasteiger partial charge >= 0.3 is 0 Å². The first kappa shape index (κ1) is 17.4. The van der Waals surface area contributed by atoms with Crippen molar-refractivity contribution in [3.8, 4) is 5.75 Å². The minimum absolute atomic E-state index is 0.239. The highest BCUT2D eigenvalue weighted by molar-refractivity contribution is 7.89. The lowest BCUT2D eigenvalue weighted by molar-refractivity contribution is 0.315. The van der Waals surface area contributed by atoms with Gasteiger partial charge in [-0.15, -0.1) is 0 Å². The standard InChI is InChI=1S/C16H21N3O3S/c1-3-8-22-16-5-4-15(9-13(16)2)23(20,21)19-7-6-14-10-17-12-18-11-14/h4-5,9-12,19H,3,6-8H2,1-2H3. The molecule has 0 amide bonds. The van der Waals surface area contributed by atoms with Crippen molar-refractivity contribution in [2.75, 3.05) is 13.2 Å². The van der Waals surface area contributed by atoms with Gasteiger partial charge in [0.1, 0.15) is 12.1 Å². The molecule has 2 aromatic rings. The number of nitrogens with one attached hydrogen (secondary N) is 1. The van der Waals surface area contributed by atoms with Crippen molar-refractivity contribution in [2.24, 2.45) is 0 Å². The number of rotatable bonds is 8. The molecule has 0 saturated heterocycles. The number of benzene rings is 1. The van der Waals surface area contributed by atoms with Crippen LogP contribution in [0.2, 0.25) is 0 Å². The lowest BCUT2D eigenvalue weighted by Gasteiger charge is -2.11. The maximum absolute atomic E-state index is 12.3. The number of hydrogen-bond donors (Lipinski definition) is 1. The second-order valence-electron chi connectivity index (χ2n) is 5.17. The highest BCUT2D eigenvalue weighted by Gasteiger charge is 2.15. The lowest BCUT2D eigenvalue weighted by atomic mass is 10.2. The predicted molar refractivity (Wildman–Crippen MR) is 87.9 cm³/mol. The first-order valence-electron chi connectivity index (χ1n) is 7.50. The highest BCUT2D eigenvalue weighted by Crippen LogP contribution is 2.21. The first-order valence-corrected chi connectivity index (χ1v) is 8.98. The maximum atomic E-state index is 12.3. The molecule has 6 nitrogen and oxygen atoms in total. The Hall–Kier alpha value is -1.99. The van der Waals surface area contributed by atoms with E-state index in [1.807, 2.05) is 13.8 Å². The van der Waals surface area contributed by atoms with Crippen LogP contribution in [-0.2, 0) is 16.4 Å². The number of hydrogen-bond acceptors (Lipinski definition) is 5. The van der Waals surface area contributed by atoms with Crippen molar-refractivity contribution in [2.45, 2.75) is 31.6 Å². The Morgan fingerprint density at radius 1 is 1.22 bits per heavy atom. The molecule has 7 heteroatoms. The average Bonchev–Trinajstić information content (AvgIpc) is 2.54. The van der Waals surface area contributed by atoms with E-state index in [0.717, 1.165) is 17.5 Å². The summed E-state index contributed by atoms with van der Waals surface area (Å²) >= 11 is 0. The second kappa shape index (κ2) is 8.03. The zero-order valence-corrected chi connectivity index (χ0v) is 14.1. The fraction of sp³-hybridized carbons (Fsp3) is 0.375. The Morgan fingerprint density at radius 3 is 2.61 bits per heavy atom. The quantitative estimate of drug-likeness (QED) is 0.799. The van der Waals surface area contributed by atoms with Gasteiger partial charge in [0.2, 0.25) is 10.0 Å². The van der Waals surface area contributed by atoms with E-state index in [1.54, 1.807) is 30.6 Å². The molecule has 1 N–H and O–H groups in total. The van der Waals surface area contributed by atoms with Gasteiger partial charge in [0.25, 0.3) is 0 Å². The van der Waals surface area contributed by atoms with Gasteiger partial charge in [-0.05, 0) is 49.1 Å². The summed E-state index contributed by atoms with van der Waals surface area (Å²) in [6.07, 6.45) is 6.23. The molecule has 1 aromatic carbocycles. The van der Waals surface area contributed by atoms with Gasteiger partial charge in [-0.2, -0.15) is 0 Å². The molecule has 0 unspecified atom stereocenters. The van der Waals surface area contributed by atoms with Gasteiger partial charge in [-0.3, -0.25) is 0 Å². The first-order chi connectivity index (χ1) is 11.0. The fourth-order valence-corrected chi connectivity index (χ4v) is 3.15. The van der Waals surface area contributed by atoms with E-state index >= 15 is 0 Å².